The molecule has 0 spiro atoms. The van der Waals surface area contributed by atoms with E-state index < -0.39 is 15.8 Å². The van der Waals surface area contributed by atoms with Gasteiger partial charge in [-0.2, -0.15) is 0 Å². The van der Waals surface area contributed by atoms with Gasteiger partial charge in [0.2, 0.25) is 10.0 Å². The fraction of sp³-hybridized carbons (Fsp3) is 0.455. The topological polar surface area (TPSA) is 58.2 Å². The summed E-state index contributed by atoms with van der Waals surface area (Å²) < 4.78 is 40.4. The lowest BCUT2D eigenvalue weighted by Gasteiger charge is -2.14. The number of sulfonamides is 1. The Morgan fingerprint density at radius 1 is 1.47 bits per heavy atom. The molecule has 0 bridgehead atoms. The summed E-state index contributed by atoms with van der Waals surface area (Å²) in [5, 5.41) is 3.09. The molecule has 1 unspecified atom stereocenters. The average Bonchev–Trinajstić information content (AvgIpc) is 2.75. The third-order valence-corrected chi connectivity index (χ3v) is 5.16. The first kappa shape index (κ1) is 16.8. The number of hydrogen-bond acceptors (Lipinski definition) is 3. The van der Waals surface area contributed by atoms with E-state index in [0.717, 1.165) is 13.0 Å². The van der Waals surface area contributed by atoms with Crippen molar-refractivity contribution in [2.45, 2.75) is 24.3 Å². The Hall–Kier alpha value is -0.210. The summed E-state index contributed by atoms with van der Waals surface area (Å²) in [4.78, 5) is 0.114. The second kappa shape index (κ2) is 6.49. The molecule has 0 saturated carbocycles. The van der Waals surface area contributed by atoms with Crippen molar-refractivity contribution in [2.75, 3.05) is 13.1 Å². The molecule has 2 rings (SSSR count). The highest BCUT2D eigenvalue weighted by Crippen LogP contribution is 2.24. The van der Waals surface area contributed by atoms with E-state index in [0.29, 0.717) is 12.1 Å². The van der Waals surface area contributed by atoms with E-state index in [1.165, 1.54) is 12.1 Å². The lowest BCUT2D eigenvalue weighted by molar-refractivity contribution is 0.558. The Labute approximate surface area is 126 Å². The van der Waals surface area contributed by atoms with Crippen molar-refractivity contribution in [1.82, 2.24) is 10.0 Å². The first-order valence-electron chi connectivity index (χ1n) is 5.59. The fourth-order valence-corrected chi connectivity index (χ4v) is 3.97. The predicted octanol–water partition coefficient (Wildman–Crippen LogP) is 1.96. The Bertz CT molecular complexity index is 562. The fourth-order valence-electron chi connectivity index (χ4n) is 1.96. The highest BCUT2D eigenvalue weighted by atomic mass is 79.9. The Balaban J connectivity index is 0.00000180. The summed E-state index contributed by atoms with van der Waals surface area (Å²) in [5.74, 6) is -0.464. The molecule has 1 atom stereocenters. The van der Waals surface area contributed by atoms with Crippen LogP contribution in [0.5, 0.6) is 0 Å². The summed E-state index contributed by atoms with van der Waals surface area (Å²) in [6.45, 7) is 3.01. The molecule has 1 aliphatic heterocycles. The molecule has 4 nitrogen and oxygen atoms in total. The molecular formula is C11H15BrClFN2O2S. The summed E-state index contributed by atoms with van der Waals surface area (Å²) in [6, 6.07) is 2.42. The van der Waals surface area contributed by atoms with Gasteiger partial charge in [0, 0.05) is 12.6 Å². The van der Waals surface area contributed by atoms with Crippen LogP contribution in [0.2, 0.25) is 0 Å². The number of nitrogens with one attached hydrogen (secondary N) is 2. The van der Waals surface area contributed by atoms with Crippen molar-refractivity contribution in [3.8, 4) is 0 Å². The Morgan fingerprint density at radius 3 is 2.74 bits per heavy atom. The van der Waals surface area contributed by atoms with E-state index in [9.17, 15) is 12.8 Å². The standard InChI is InChI=1S/C11H14BrFN2O2S.ClH/c1-7-4-10(13)9(12)5-11(7)18(16,17)15-8-2-3-14-6-8;/h4-5,8,14-15H,2-3,6H2,1H3;1H. The number of benzene rings is 1. The number of aryl methyl sites for hydroxylation is 1. The highest BCUT2D eigenvalue weighted by Gasteiger charge is 2.24. The van der Waals surface area contributed by atoms with Gasteiger partial charge in [0.05, 0.1) is 9.37 Å². The van der Waals surface area contributed by atoms with Crippen LogP contribution in [0.4, 0.5) is 4.39 Å². The minimum Gasteiger partial charge on any atom is -0.315 e. The quantitative estimate of drug-likeness (QED) is 0.851. The van der Waals surface area contributed by atoms with Crippen LogP contribution in [0.3, 0.4) is 0 Å². The zero-order chi connectivity index (χ0) is 13.3. The van der Waals surface area contributed by atoms with Crippen LogP contribution in [-0.2, 0) is 10.0 Å². The van der Waals surface area contributed by atoms with E-state index in [2.05, 4.69) is 26.0 Å². The zero-order valence-corrected chi connectivity index (χ0v) is 13.5. The number of halogens is 3. The van der Waals surface area contributed by atoms with Crippen molar-refractivity contribution in [3.63, 3.8) is 0 Å². The summed E-state index contributed by atoms with van der Waals surface area (Å²) in [7, 11) is -3.60. The molecule has 0 aliphatic carbocycles. The van der Waals surface area contributed by atoms with Crippen molar-refractivity contribution in [1.29, 1.82) is 0 Å². The maximum Gasteiger partial charge on any atom is 0.241 e. The molecule has 1 aromatic rings. The third kappa shape index (κ3) is 3.88. The molecule has 2 N–H and O–H groups in total. The number of hydrogen-bond donors (Lipinski definition) is 2. The molecule has 0 aromatic heterocycles. The van der Waals surface area contributed by atoms with Crippen LogP contribution in [0, 0.1) is 12.7 Å². The molecule has 1 aliphatic rings. The van der Waals surface area contributed by atoms with E-state index in [-0.39, 0.29) is 27.8 Å². The lowest BCUT2D eigenvalue weighted by Crippen LogP contribution is -2.36. The van der Waals surface area contributed by atoms with Gasteiger partial charge in [-0.05, 0) is 53.5 Å². The van der Waals surface area contributed by atoms with Gasteiger partial charge in [0.15, 0.2) is 0 Å². The maximum absolute atomic E-state index is 13.3. The lowest BCUT2D eigenvalue weighted by atomic mass is 10.2. The molecule has 1 saturated heterocycles. The van der Waals surface area contributed by atoms with Gasteiger partial charge in [-0.3, -0.25) is 0 Å². The van der Waals surface area contributed by atoms with Crippen molar-refractivity contribution in [2.24, 2.45) is 0 Å². The van der Waals surface area contributed by atoms with Crippen LogP contribution in [-0.4, -0.2) is 27.5 Å². The molecule has 0 amide bonds. The van der Waals surface area contributed by atoms with Gasteiger partial charge in [0.1, 0.15) is 5.82 Å². The average molecular weight is 374 g/mol. The van der Waals surface area contributed by atoms with E-state index in [4.69, 9.17) is 0 Å². The maximum atomic E-state index is 13.3. The highest BCUT2D eigenvalue weighted by molar-refractivity contribution is 9.10. The van der Waals surface area contributed by atoms with Gasteiger partial charge >= 0.3 is 0 Å². The summed E-state index contributed by atoms with van der Waals surface area (Å²) in [5.41, 5.74) is 0.397. The molecule has 1 aromatic carbocycles. The van der Waals surface area contributed by atoms with Crippen molar-refractivity contribution < 1.29 is 12.8 Å². The minimum atomic E-state index is -3.60. The van der Waals surface area contributed by atoms with Crippen LogP contribution < -0.4 is 10.0 Å². The largest absolute Gasteiger partial charge is 0.315 e. The molecule has 8 heteroatoms. The summed E-state index contributed by atoms with van der Waals surface area (Å²) in [6.07, 6.45) is 0.765. The van der Waals surface area contributed by atoms with Crippen molar-refractivity contribution in [3.05, 3.63) is 28.0 Å². The van der Waals surface area contributed by atoms with Gasteiger partial charge in [-0.25, -0.2) is 17.5 Å². The minimum absolute atomic E-state index is 0. The Morgan fingerprint density at radius 2 is 2.16 bits per heavy atom. The molecule has 1 heterocycles. The third-order valence-electron chi connectivity index (χ3n) is 2.89. The van der Waals surface area contributed by atoms with Gasteiger partial charge < -0.3 is 5.32 Å². The molecular weight excluding hydrogens is 359 g/mol. The predicted molar refractivity (Wildman–Crippen MR) is 77.7 cm³/mol. The van der Waals surface area contributed by atoms with Crippen LogP contribution in [0.1, 0.15) is 12.0 Å². The zero-order valence-electron chi connectivity index (χ0n) is 10.2. The van der Waals surface area contributed by atoms with E-state index in [1.54, 1.807) is 6.92 Å². The smallest absolute Gasteiger partial charge is 0.241 e. The molecule has 0 radical (unpaired) electrons. The van der Waals surface area contributed by atoms with Crippen molar-refractivity contribution >= 4 is 38.4 Å². The van der Waals surface area contributed by atoms with Crippen LogP contribution >= 0.6 is 28.3 Å². The van der Waals surface area contributed by atoms with Gasteiger partial charge in [-0.15, -0.1) is 12.4 Å². The SMILES string of the molecule is Cc1cc(F)c(Br)cc1S(=O)(=O)NC1CCNC1.Cl. The van der Waals surface area contributed by atoms with Crippen LogP contribution in [0.15, 0.2) is 21.5 Å². The van der Waals surface area contributed by atoms with Gasteiger partial charge in [-0.1, -0.05) is 0 Å². The monoisotopic (exact) mass is 372 g/mol. The normalized spacial score (nSPS) is 19.2. The number of rotatable bonds is 3. The van der Waals surface area contributed by atoms with E-state index >= 15 is 0 Å². The van der Waals surface area contributed by atoms with E-state index in [1.807, 2.05) is 0 Å². The van der Waals surface area contributed by atoms with Gasteiger partial charge in [0.25, 0.3) is 0 Å². The first-order valence-corrected chi connectivity index (χ1v) is 7.86. The van der Waals surface area contributed by atoms with Crippen LogP contribution in [0.25, 0.3) is 0 Å². The summed E-state index contributed by atoms with van der Waals surface area (Å²) >= 11 is 3.01. The Kier molecular flexibility index (Phi) is 5.76. The molecule has 108 valence electrons. The molecule has 1 fully saturated rings. The second-order valence-electron chi connectivity index (χ2n) is 4.34. The first-order chi connectivity index (χ1) is 8.40. The molecule has 19 heavy (non-hydrogen) atoms. The second-order valence-corrected chi connectivity index (χ2v) is 6.88.